The molecular formula is C20H20N4O4. The highest BCUT2D eigenvalue weighted by Crippen LogP contribution is 2.25. The van der Waals surface area contributed by atoms with Crippen LogP contribution in [0, 0.1) is 0 Å². The van der Waals surface area contributed by atoms with Crippen LogP contribution in [0.1, 0.15) is 30.3 Å². The van der Waals surface area contributed by atoms with Crippen molar-refractivity contribution in [3.8, 4) is 0 Å². The van der Waals surface area contributed by atoms with Gasteiger partial charge in [-0.1, -0.05) is 18.2 Å². The number of rotatable bonds is 4. The highest BCUT2D eigenvalue weighted by Gasteiger charge is 2.36. The Morgan fingerprint density at radius 2 is 2.04 bits per heavy atom. The number of amides is 2. The maximum atomic E-state index is 12.6. The van der Waals surface area contributed by atoms with Crippen molar-refractivity contribution in [3.05, 3.63) is 42.2 Å². The van der Waals surface area contributed by atoms with E-state index < -0.39 is 29.9 Å². The van der Waals surface area contributed by atoms with Gasteiger partial charge < -0.3 is 20.3 Å². The molecule has 0 radical (unpaired) electrons. The summed E-state index contributed by atoms with van der Waals surface area (Å²) in [6, 6.07) is 7.78. The van der Waals surface area contributed by atoms with E-state index in [0.717, 1.165) is 21.8 Å². The molecule has 2 amide bonds. The number of carboxylic acids is 1. The Bertz CT molecular complexity index is 1090. The Morgan fingerprint density at radius 3 is 2.82 bits per heavy atom. The third-order valence-corrected chi connectivity index (χ3v) is 5.16. The quantitative estimate of drug-likeness (QED) is 0.639. The fourth-order valence-corrected chi connectivity index (χ4v) is 3.74. The average Bonchev–Trinajstić information content (AvgIpc) is 3.31. The van der Waals surface area contributed by atoms with Crippen LogP contribution in [0.4, 0.5) is 0 Å². The molecule has 3 aromatic rings. The molecule has 2 unspecified atom stereocenters. The number of para-hydroxylation sites is 1. The minimum Gasteiger partial charge on any atom is -0.480 e. The normalized spacial score (nSPS) is 17.8. The van der Waals surface area contributed by atoms with Gasteiger partial charge in [0.15, 0.2) is 0 Å². The predicted molar refractivity (Wildman–Crippen MR) is 103 cm³/mol. The van der Waals surface area contributed by atoms with Gasteiger partial charge in [-0.3, -0.25) is 9.59 Å². The minimum absolute atomic E-state index is 0.202. The van der Waals surface area contributed by atoms with E-state index in [1.54, 1.807) is 19.2 Å². The van der Waals surface area contributed by atoms with Gasteiger partial charge in [-0.2, -0.15) is 0 Å². The summed E-state index contributed by atoms with van der Waals surface area (Å²) in [6.45, 7) is 1.94. The zero-order valence-corrected chi connectivity index (χ0v) is 15.3. The predicted octanol–water partition coefficient (Wildman–Crippen LogP) is 1.91. The second-order valence-electron chi connectivity index (χ2n) is 7.01. The average molecular weight is 380 g/mol. The number of carboxylic acid groups (broad SMARTS) is 1. The molecule has 2 aromatic heterocycles. The van der Waals surface area contributed by atoms with Crippen molar-refractivity contribution in [2.24, 2.45) is 0 Å². The fourth-order valence-electron chi connectivity index (χ4n) is 3.74. The largest absolute Gasteiger partial charge is 0.480 e. The first-order valence-corrected chi connectivity index (χ1v) is 9.16. The molecule has 1 fully saturated rings. The zero-order valence-electron chi connectivity index (χ0n) is 15.3. The number of likely N-dealkylation sites (tertiary alicyclic amines) is 1. The molecule has 1 aromatic carbocycles. The van der Waals surface area contributed by atoms with Crippen molar-refractivity contribution in [1.29, 1.82) is 0 Å². The zero-order chi connectivity index (χ0) is 19.8. The van der Waals surface area contributed by atoms with E-state index >= 15 is 0 Å². The summed E-state index contributed by atoms with van der Waals surface area (Å²) in [5, 5.41) is 13.7. The lowest BCUT2D eigenvalue weighted by molar-refractivity contribution is -0.148. The number of aromatic amines is 1. The number of carbonyl (C=O) groups excluding carboxylic acids is 2. The van der Waals surface area contributed by atoms with E-state index in [-0.39, 0.29) is 5.69 Å². The number of hydrogen-bond donors (Lipinski definition) is 3. The number of fused-ring (bicyclic) bond motifs is 3. The van der Waals surface area contributed by atoms with Gasteiger partial charge in [-0.25, -0.2) is 9.78 Å². The van der Waals surface area contributed by atoms with Gasteiger partial charge in [0.05, 0.1) is 11.7 Å². The molecule has 0 bridgehead atoms. The summed E-state index contributed by atoms with van der Waals surface area (Å²) < 4.78 is 0. The molecule has 0 spiro atoms. The lowest BCUT2D eigenvalue weighted by atomic mass is 10.1. The monoisotopic (exact) mass is 380 g/mol. The molecule has 8 nitrogen and oxygen atoms in total. The van der Waals surface area contributed by atoms with E-state index in [2.05, 4.69) is 15.3 Å². The highest BCUT2D eigenvalue weighted by atomic mass is 16.4. The van der Waals surface area contributed by atoms with E-state index in [1.807, 2.05) is 24.3 Å². The van der Waals surface area contributed by atoms with Gasteiger partial charge >= 0.3 is 5.97 Å². The first-order valence-electron chi connectivity index (χ1n) is 9.16. The third-order valence-electron chi connectivity index (χ3n) is 5.16. The first kappa shape index (κ1) is 18.0. The number of benzene rings is 1. The molecule has 144 valence electrons. The Hall–Kier alpha value is -3.42. The lowest BCUT2D eigenvalue weighted by Crippen LogP contribution is -2.50. The summed E-state index contributed by atoms with van der Waals surface area (Å²) in [4.78, 5) is 45.3. The van der Waals surface area contributed by atoms with Crippen molar-refractivity contribution in [3.63, 3.8) is 0 Å². The van der Waals surface area contributed by atoms with Gasteiger partial charge in [0, 0.05) is 22.8 Å². The Labute approximate surface area is 160 Å². The maximum absolute atomic E-state index is 12.6. The van der Waals surface area contributed by atoms with Crippen molar-refractivity contribution < 1.29 is 19.5 Å². The standard InChI is InChI=1S/C20H20N4O4/c1-11(19(26)24-8-4-7-17(24)20(27)28)22-18(25)15-9-13-12-5-2-3-6-14(12)23-16(13)10-21-15/h2-3,5-6,9-11,17,23H,4,7-8H2,1H3,(H,22,25)(H,27,28). The van der Waals surface area contributed by atoms with Gasteiger partial charge in [0.25, 0.3) is 5.91 Å². The summed E-state index contributed by atoms with van der Waals surface area (Å²) in [6.07, 6.45) is 2.67. The second kappa shape index (κ2) is 6.95. The fraction of sp³-hybridized carbons (Fsp3) is 0.300. The van der Waals surface area contributed by atoms with Crippen molar-refractivity contribution in [2.75, 3.05) is 6.54 Å². The van der Waals surface area contributed by atoms with Gasteiger partial charge in [0.1, 0.15) is 17.8 Å². The van der Waals surface area contributed by atoms with Crippen molar-refractivity contribution in [2.45, 2.75) is 31.8 Å². The smallest absolute Gasteiger partial charge is 0.326 e. The Kier molecular flexibility index (Phi) is 4.46. The van der Waals surface area contributed by atoms with Gasteiger partial charge in [0.2, 0.25) is 5.91 Å². The molecule has 8 heteroatoms. The molecule has 2 atom stereocenters. The van der Waals surface area contributed by atoms with Crippen LogP contribution in [-0.2, 0) is 9.59 Å². The molecule has 0 saturated carbocycles. The number of pyridine rings is 1. The SMILES string of the molecule is CC(NC(=O)c1cc2c(cn1)[nH]c1ccccc12)C(=O)N1CCCC1C(=O)O. The van der Waals surface area contributed by atoms with Crippen LogP contribution in [0.5, 0.6) is 0 Å². The molecule has 1 aliphatic rings. The number of aromatic nitrogens is 2. The molecule has 28 heavy (non-hydrogen) atoms. The maximum Gasteiger partial charge on any atom is 0.326 e. The minimum atomic E-state index is -1.02. The Balaban J connectivity index is 1.53. The molecule has 4 rings (SSSR count). The number of nitrogens with one attached hydrogen (secondary N) is 2. The number of H-pyrrole nitrogens is 1. The third kappa shape index (κ3) is 3.06. The van der Waals surface area contributed by atoms with Crippen LogP contribution in [0.15, 0.2) is 36.5 Å². The molecular weight excluding hydrogens is 360 g/mol. The molecule has 3 N–H and O–H groups in total. The molecule has 1 saturated heterocycles. The lowest BCUT2D eigenvalue weighted by Gasteiger charge is -2.25. The number of aliphatic carboxylic acids is 1. The summed E-state index contributed by atoms with van der Waals surface area (Å²) >= 11 is 0. The first-order chi connectivity index (χ1) is 13.5. The van der Waals surface area contributed by atoms with Gasteiger partial charge in [-0.15, -0.1) is 0 Å². The van der Waals surface area contributed by atoms with Crippen LogP contribution in [0.3, 0.4) is 0 Å². The van der Waals surface area contributed by atoms with Gasteiger partial charge in [-0.05, 0) is 31.9 Å². The molecule has 1 aliphatic heterocycles. The van der Waals surface area contributed by atoms with E-state index in [1.165, 1.54) is 4.90 Å². The second-order valence-corrected chi connectivity index (χ2v) is 7.01. The van der Waals surface area contributed by atoms with Crippen LogP contribution in [0.25, 0.3) is 21.8 Å². The van der Waals surface area contributed by atoms with Crippen LogP contribution >= 0.6 is 0 Å². The molecule has 0 aliphatic carbocycles. The van der Waals surface area contributed by atoms with Crippen molar-refractivity contribution in [1.82, 2.24) is 20.2 Å². The summed E-state index contributed by atoms with van der Waals surface area (Å²) in [7, 11) is 0. The summed E-state index contributed by atoms with van der Waals surface area (Å²) in [5.74, 6) is -1.89. The number of nitrogens with zero attached hydrogens (tertiary/aromatic N) is 2. The van der Waals surface area contributed by atoms with Crippen LogP contribution in [-0.4, -0.2) is 56.4 Å². The van der Waals surface area contributed by atoms with E-state index in [0.29, 0.717) is 19.4 Å². The van der Waals surface area contributed by atoms with Crippen LogP contribution < -0.4 is 5.32 Å². The Morgan fingerprint density at radius 1 is 1.25 bits per heavy atom. The number of hydrogen-bond acceptors (Lipinski definition) is 4. The highest BCUT2D eigenvalue weighted by molar-refractivity contribution is 6.09. The van der Waals surface area contributed by atoms with Crippen LogP contribution in [0.2, 0.25) is 0 Å². The topological polar surface area (TPSA) is 115 Å². The molecule has 3 heterocycles. The van der Waals surface area contributed by atoms with E-state index in [4.69, 9.17) is 0 Å². The number of carbonyl (C=O) groups is 3. The summed E-state index contributed by atoms with van der Waals surface area (Å²) in [5.41, 5.74) is 1.98. The van der Waals surface area contributed by atoms with Crippen molar-refractivity contribution >= 4 is 39.6 Å². The van der Waals surface area contributed by atoms with E-state index in [9.17, 15) is 19.5 Å².